The first-order valence-electron chi connectivity index (χ1n) is 4.81. The van der Waals surface area contributed by atoms with Crippen LogP contribution >= 0.6 is 34.9 Å². The van der Waals surface area contributed by atoms with Gasteiger partial charge in [-0.05, 0) is 24.4 Å². The minimum atomic E-state index is 0.537. The largest absolute Gasteiger partial charge is 0.213 e. The van der Waals surface area contributed by atoms with Crippen molar-refractivity contribution in [3.05, 3.63) is 5.82 Å². The molecule has 1 rings (SSSR count). The highest BCUT2D eigenvalue weighted by molar-refractivity contribution is 8.01. The Morgan fingerprint density at radius 2 is 2.36 bits per heavy atom. The predicted molar refractivity (Wildman–Crippen MR) is 64.6 cm³/mol. The van der Waals surface area contributed by atoms with E-state index < -0.39 is 0 Å². The summed E-state index contributed by atoms with van der Waals surface area (Å²) in [6, 6.07) is 0. The molecule has 1 heterocycles. The Bertz CT molecular complexity index is 265. The smallest absolute Gasteiger partial charge is 0.170 e. The van der Waals surface area contributed by atoms with E-state index in [1.807, 2.05) is 0 Å². The molecule has 14 heavy (non-hydrogen) atoms. The molecule has 1 atom stereocenters. The van der Waals surface area contributed by atoms with Gasteiger partial charge >= 0.3 is 0 Å². The van der Waals surface area contributed by atoms with Gasteiger partial charge in [-0.2, -0.15) is 4.37 Å². The summed E-state index contributed by atoms with van der Waals surface area (Å²) in [5.41, 5.74) is 0. The lowest BCUT2D eigenvalue weighted by Gasteiger charge is -2.04. The zero-order chi connectivity index (χ0) is 10.4. The standard InChI is InChI=1S/C9H15ClN2S2/c1-3-4-8-11-9(14-12-8)13-7(2)5-6-10/h7H,3-6H2,1-2H3. The number of nitrogens with zero attached hydrogens (tertiary/aromatic N) is 2. The summed E-state index contributed by atoms with van der Waals surface area (Å²) in [5, 5.41) is 0.537. The third kappa shape index (κ3) is 4.15. The molecule has 0 saturated heterocycles. The van der Waals surface area contributed by atoms with Gasteiger partial charge in [0.15, 0.2) is 4.34 Å². The van der Waals surface area contributed by atoms with Crippen molar-refractivity contribution >= 4 is 34.9 Å². The Morgan fingerprint density at radius 1 is 1.57 bits per heavy atom. The van der Waals surface area contributed by atoms with Gasteiger partial charge in [0.05, 0.1) is 0 Å². The van der Waals surface area contributed by atoms with Gasteiger partial charge in [0.25, 0.3) is 0 Å². The third-order valence-electron chi connectivity index (χ3n) is 1.74. The van der Waals surface area contributed by atoms with E-state index in [0.717, 1.165) is 35.3 Å². The van der Waals surface area contributed by atoms with Crippen LogP contribution in [0.15, 0.2) is 4.34 Å². The molecule has 0 fully saturated rings. The Morgan fingerprint density at radius 3 is 3.00 bits per heavy atom. The molecule has 0 amide bonds. The van der Waals surface area contributed by atoms with Gasteiger partial charge in [-0.25, -0.2) is 4.98 Å². The molecular weight excluding hydrogens is 236 g/mol. The van der Waals surface area contributed by atoms with Gasteiger partial charge in [0, 0.05) is 17.6 Å². The van der Waals surface area contributed by atoms with Crippen LogP contribution in [0.4, 0.5) is 0 Å². The lowest BCUT2D eigenvalue weighted by atomic mass is 10.3. The van der Waals surface area contributed by atoms with Crippen LogP contribution in [0.3, 0.4) is 0 Å². The Balaban J connectivity index is 2.42. The number of hydrogen-bond acceptors (Lipinski definition) is 4. The van der Waals surface area contributed by atoms with Crippen LogP contribution in [0.5, 0.6) is 0 Å². The van der Waals surface area contributed by atoms with E-state index in [1.165, 1.54) is 11.5 Å². The van der Waals surface area contributed by atoms with Crippen molar-refractivity contribution in [2.75, 3.05) is 5.88 Å². The van der Waals surface area contributed by atoms with E-state index in [2.05, 4.69) is 23.2 Å². The topological polar surface area (TPSA) is 25.8 Å². The second-order valence-electron chi connectivity index (χ2n) is 3.13. The average Bonchev–Trinajstić information content (AvgIpc) is 2.53. The van der Waals surface area contributed by atoms with Crippen LogP contribution < -0.4 is 0 Å². The van der Waals surface area contributed by atoms with E-state index in [-0.39, 0.29) is 0 Å². The highest BCUT2D eigenvalue weighted by Crippen LogP contribution is 2.26. The minimum absolute atomic E-state index is 0.537. The van der Waals surface area contributed by atoms with Gasteiger partial charge in [0.1, 0.15) is 5.82 Å². The molecule has 80 valence electrons. The van der Waals surface area contributed by atoms with Crippen molar-refractivity contribution in [3.8, 4) is 0 Å². The number of alkyl halides is 1. The fraction of sp³-hybridized carbons (Fsp3) is 0.778. The maximum absolute atomic E-state index is 5.67. The third-order valence-corrected chi connectivity index (χ3v) is 3.95. The first-order valence-corrected chi connectivity index (χ1v) is 7.00. The molecule has 0 N–H and O–H groups in total. The first kappa shape index (κ1) is 12.3. The van der Waals surface area contributed by atoms with Crippen LogP contribution in [-0.2, 0) is 6.42 Å². The van der Waals surface area contributed by atoms with Crippen molar-refractivity contribution in [1.29, 1.82) is 0 Å². The molecule has 0 aliphatic rings. The summed E-state index contributed by atoms with van der Waals surface area (Å²) in [6.45, 7) is 4.32. The number of hydrogen-bond donors (Lipinski definition) is 0. The lowest BCUT2D eigenvalue weighted by molar-refractivity contribution is 0.848. The SMILES string of the molecule is CCCc1nsc(SC(C)CCCl)n1. The number of halogens is 1. The highest BCUT2D eigenvalue weighted by Gasteiger charge is 2.08. The van der Waals surface area contributed by atoms with Crippen molar-refractivity contribution in [2.24, 2.45) is 0 Å². The summed E-state index contributed by atoms with van der Waals surface area (Å²) < 4.78 is 5.37. The van der Waals surface area contributed by atoms with E-state index in [1.54, 1.807) is 11.8 Å². The van der Waals surface area contributed by atoms with E-state index in [4.69, 9.17) is 11.6 Å². The van der Waals surface area contributed by atoms with Crippen LogP contribution in [0.2, 0.25) is 0 Å². The summed E-state index contributed by atoms with van der Waals surface area (Å²) in [6.07, 6.45) is 3.12. The Hall–Kier alpha value is 0.200. The quantitative estimate of drug-likeness (QED) is 0.570. The van der Waals surface area contributed by atoms with Gasteiger partial charge in [-0.3, -0.25) is 0 Å². The Kier molecular flexibility index (Phi) is 5.82. The Labute approximate surface area is 98.6 Å². The normalized spacial score (nSPS) is 13.1. The zero-order valence-electron chi connectivity index (χ0n) is 8.49. The van der Waals surface area contributed by atoms with E-state index >= 15 is 0 Å². The van der Waals surface area contributed by atoms with Crippen molar-refractivity contribution in [1.82, 2.24) is 9.36 Å². The van der Waals surface area contributed by atoms with Crippen molar-refractivity contribution < 1.29 is 0 Å². The van der Waals surface area contributed by atoms with E-state index in [9.17, 15) is 0 Å². The van der Waals surface area contributed by atoms with Gasteiger partial charge in [-0.15, -0.1) is 11.6 Å². The number of thioether (sulfide) groups is 1. The zero-order valence-corrected chi connectivity index (χ0v) is 10.9. The second-order valence-corrected chi connectivity index (χ2v) is 5.95. The predicted octanol–water partition coefficient (Wildman–Crippen LogP) is 3.60. The number of rotatable bonds is 6. The maximum atomic E-state index is 5.67. The number of aryl methyl sites for hydroxylation is 1. The monoisotopic (exact) mass is 250 g/mol. The van der Waals surface area contributed by atoms with Crippen LogP contribution in [0, 0.1) is 0 Å². The van der Waals surface area contributed by atoms with Crippen LogP contribution in [-0.4, -0.2) is 20.5 Å². The molecule has 1 aromatic rings. The molecule has 0 bridgehead atoms. The molecular formula is C9H15ClN2S2. The summed E-state index contributed by atoms with van der Waals surface area (Å²) in [5.74, 6) is 1.70. The van der Waals surface area contributed by atoms with Crippen molar-refractivity contribution in [3.63, 3.8) is 0 Å². The lowest BCUT2D eigenvalue weighted by Crippen LogP contribution is -1.96. The van der Waals surface area contributed by atoms with Gasteiger partial charge < -0.3 is 0 Å². The summed E-state index contributed by atoms with van der Waals surface area (Å²) in [4.78, 5) is 4.45. The van der Waals surface area contributed by atoms with Crippen LogP contribution in [0.25, 0.3) is 0 Å². The molecule has 0 aromatic carbocycles. The fourth-order valence-electron chi connectivity index (χ4n) is 0.996. The summed E-state index contributed by atoms with van der Waals surface area (Å²) >= 11 is 8.95. The molecule has 5 heteroatoms. The van der Waals surface area contributed by atoms with E-state index in [0.29, 0.717) is 5.25 Å². The summed E-state index contributed by atoms with van der Waals surface area (Å²) in [7, 11) is 0. The van der Waals surface area contributed by atoms with Gasteiger partial charge in [0.2, 0.25) is 0 Å². The highest BCUT2D eigenvalue weighted by atomic mass is 35.5. The van der Waals surface area contributed by atoms with Crippen LogP contribution in [0.1, 0.15) is 32.5 Å². The molecule has 2 nitrogen and oxygen atoms in total. The van der Waals surface area contributed by atoms with Crippen molar-refractivity contribution in [2.45, 2.75) is 42.7 Å². The molecule has 0 aliphatic carbocycles. The molecule has 0 saturated carbocycles. The molecule has 0 radical (unpaired) electrons. The molecule has 0 spiro atoms. The molecule has 0 aliphatic heterocycles. The average molecular weight is 251 g/mol. The maximum Gasteiger partial charge on any atom is 0.170 e. The number of aromatic nitrogens is 2. The second kappa shape index (κ2) is 6.64. The first-order chi connectivity index (χ1) is 6.76. The minimum Gasteiger partial charge on any atom is -0.213 e. The fourth-order valence-corrected chi connectivity index (χ4v) is 3.43. The van der Waals surface area contributed by atoms with Gasteiger partial charge in [-0.1, -0.05) is 25.6 Å². The molecule has 1 unspecified atom stereocenters. The molecule has 1 aromatic heterocycles.